The van der Waals surface area contributed by atoms with Crippen LogP contribution in [0.25, 0.3) is 0 Å². The maximum absolute atomic E-state index is 14.4. The van der Waals surface area contributed by atoms with Gasteiger partial charge in [0.05, 0.1) is 55.6 Å². The minimum absolute atomic E-state index is 0.00762. The number of hydrogen-bond acceptors (Lipinski definition) is 17. The summed E-state index contributed by atoms with van der Waals surface area (Å²) < 4.78 is 11.8. The van der Waals surface area contributed by atoms with Gasteiger partial charge in [-0.2, -0.15) is 0 Å². The van der Waals surface area contributed by atoms with Crippen molar-refractivity contribution in [1.29, 1.82) is 0 Å². The summed E-state index contributed by atoms with van der Waals surface area (Å²) in [6.45, 7) is 1.69. The van der Waals surface area contributed by atoms with Gasteiger partial charge < -0.3 is 84.7 Å². The molecule has 1 fully saturated rings. The lowest BCUT2D eigenvalue weighted by Crippen LogP contribution is -2.58. The molecule has 4 unspecified atom stereocenters. The predicted octanol–water partition coefficient (Wildman–Crippen LogP) is -3.58. The maximum atomic E-state index is 14.4. The number of benzene rings is 2. The molecule has 404 valence electrons. The molecule has 1 aliphatic heterocycles. The van der Waals surface area contributed by atoms with E-state index in [0.717, 1.165) is 0 Å². The zero-order chi connectivity index (χ0) is 54.6. The van der Waals surface area contributed by atoms with Gasteiger partial charge in [-0.15, -0.1) is 0 Å². The van der Waals surface area contributed by atoms with E-state index in [2.05, 4.69) is 41.9 Å². The monoisotopic (exact) mass is 1040 g/mol. The number of phenols is 2. The van der Waals surface area contributed by atoms with Gasteiger partial charge in [0.1, 0.15) is 41.5 Å². The molecule has 8 atom stereocenters. The molecule has 2 aromatic rings. The summed E-state index contributed by atoms with van der Waals surface area (Å²) in [6, 6.07) is 1.16. The van der Waals surface area contributed by atoms with Crippen LogP contribution in [0.3, 0.4) is 0 Å². The minimum Gasteiger partial charge on any atom is -0.507 e. The number of aliphatic imine (C=N–C) groups is 2. The number of hydrogen-bond donors (Lipinski definition) is 14. The van der Waals surface area contributed by atoms with Gasteiger partial charge in [-0.25, -0.2) is 0 Å². The number of guanidine groups is 2. The van der Waals surface area contributed by atoms with Crippen molar-refractivity contribution >= 4 is 58.8 Å². The molecule has 26 heteroatoms. The molecule has 74 heavy (non-hydrogen) atoms. The lowest BCUT2D eigenvalue weighted by molar-refractivity contribution is -0.143. The van der Waals surface area contributed by atoms with E-state index in [1.807, 2.05) is 6.92 Å². The molecule has 2 aliphatic carbocycles. The molecule has 2 aromatic carbocycles. The summed E-state index contributed by atoms with van der Waals surface area (Å²) in [5.74, 6) is -9.00. The highest BCUT2D eigenvalue weighted by molar-refractivity contribution is 6.31. The standard InChI is InChI=1S/C48H68N12O14/c1-22-23(2)74-25(14-24-16-48(72,32(62)21-61)17-27-36(24)42(68)39-38(41(27)67)40(66)26-8-5-11-31(73-4)37(26)43(39)69)15-30(22)60-45(71)29(10-7-13-55-47(51)52)59-44(70)28(9-6-12-54-46(49)50)58-35(65)20-57-34(64)19-56-33(63)18-53-3/h5,8,11,22-25,28-30,53,61,67-68,72H,6-7,9-10,12-21H2,1-4H3,(H,56,63)(H,57,64)(H,58,65)(H,59,70)(H,60,71)(H4,49,50,54)(H4,51,52,55)/t22?,23-,24?,25-,28?,29?,30-,48+/m1/s1. The molecular weight excluding hydrogens is 969 g/mol. The van der Waals surface area contributed by atoms with E-state index in [1.165, 1.54) is 25.3 Å². The number of nitrogens with one attached hydrogen (secondary N) is 6. The molecule has 18 N–H and O–H groups in total. The molecule has 1 saturated heterocycles. The number of carbonyl (C=O) groups excluding carboxylic acids is 8. The van der Waals surface area contributed by atoms with E-state index in [9.17, 15) is 58.8 Å². The van der Waals surface area contributed by atoms with Crippen LogP contribution in [0, 0.1) is 5.92 Å². The Labute approximate surface area is 426 Å². The van der Waals surface area contributed by atoms with Crippen molar-refractivity contribution in [1.82, 2.24) is 31.9 Å². The molecule has 5 amide bonds. The van der Waals surface area contributed by atoms with E-state index in [0.29, 0.717) is 0 Å². The van der Waals surface area contributed by atoms with Crippen LogP contribution in [-0.4, -0.2) is 169 Å². The number of fused-ring (bicyclic) bond motifs is 3. The Balaban J connectivity index is 1.40. The zero-order valence-corrected chi connectivity index (χ0v) is 41.7. The van der Waals surface area contributed by atoms with E-state index in [4.69, 9.17) is 32.4 Å². The molecule has 0 bridgehead atoms. The topological polar surface area (TPSA) is 437 Å². The van der Waals surface area contributed by atoms with Crippen LogP contribution in [0.15, 0.2) is 28.2 Å². The minimum atomic E-state index is -2.29. The van der Waals surface area contributed by atoms with Crippen molar-refractivity contribution < 1.29 is 68.3 Å². The number of aromatic hydroxyl groups is 2. The van der Waals surface area contributed by atoms with Gasteiger partial charge in [0, 0.05) is 48.2 Å². The highest BCUT2D eigenvalue weighted by Gasteiger charge is 2.50. The fraction of sp³-hybridized carbons (Fsp3) is 0.542. The summed E-state index contributed by atoms with van der Waals surface area (Å²) in [5, 5.41) is 61.4. The number of aliphatic hydroxyl groups excluding tert-OH is 1. The second-order valence-electron chi connectivity index (χ2n) is 18.6. The van der Waals surface area contributed by atoms with Gasteiger partial charge in [-0.05, 0) is 70.9 Å². The van der Waals surface area contributed by atoms with Crippen LogP contribution < -0.4 is 59.6 Å². The number of aliphatic hydroxyl groups is 2. The lowest BCUT2D eigenvalue weighted by Gasteiger charge is -2.43. The largest absolute Gasteiger partial charge is 0.507 e. The fourth-order valence-electron chi connectivity index (χ4n) is 9.63. The average Bonchev–Trinajstić information content (AvgIpc) is 3.35. The summed E-state index contributed by atoms with van der Waals surface area (Å²) >= 11 is 0. The summed E-state index contributed by atoms with van der Waals surface area (Å²) in [6.07, 6.45) is -1.93. The molecule has 0 saturated carbocycles. The average molecular weight is 1040 g/mol. The number of nitrogens with two attached hydrogens (primary N) is 4. The van der Waals surface area contributed by atoms with Crippen molar-refractivity contribution in [2.45, 2.75) is 107 Å². The number of likely N-dealkylation sites (N-methyl/N-ethyl adjacent to an activating group) is 1. The Morgan fingerprint density at radius 1 is 0.824 bits per heavy atom. The van der Waals surface area contributed by atoms with Gasteiger partial charge in [0.2, 0.25) is 35.3 Å². The molecule has 0 spiro atoms. The Morgan fingerprint density at radius 3 is 2.01 bits per heavy atom. The summed E-state index contributed by atoms with van der Waals surface area (Å²) in [5.41, 5.74) is 18.3. The number of carbonyl (C=O) groups is 8. The second kappa shape index (κ2) is 25.5. The van der Waals surface area contributed by atoms with Gasteiger partial charge in [-0.3, -0.25) is 48.3 Å². The van der Waals surface area contributed by atoms with Crippen LogP contribution in [0.5, 0.6) is 17.2 Å². The number of amides is 5. The van der Waals surface area contributed by atoms with Gasteiger partial charge in [-0.1, -0.05) is 19.1 Å². The first-order valence-electron chi connectivity index (χ1n) is 24.1. The van der Waals surface area contributed by atoms with Crippen molar-refractivity contribution in [3.8, 4) is 17.2 Å². The Bertz CT molecular complexity index is 2550. The van der Waals surface area contributed by atoms with Crippen LogP contribution in [0.4, 0.5) is 0 Å². The molecule has 3 aliphatic rings. The molecule has 5 rings (SSSR count). The highest BCUT2D eigenvalue weighted by atomic mass is 16.5. The van der Waals surface area contributed by atoms with E-state index >= 15 is 0 Å². The summed E-state index contributed by atoms with van der Waals surface area (Å²) in [7, 11) is 2.86. The van der Waals surface area contributed by atoms with Crippen molar-refractivity contribution in [3.05, 3.63) is 51.6 Å². The Kier molecular flexibility index (Phi) is 19.8. The quantitative estimate of drug-likeness (QED) is 0.0179. The lowest BCUT2D eigenvalue weighted by atomic mass is 9.67. The second-order valence-corrected chi connectivity index (χ2v) is 18.6. The van der Waals surface area contributed by atoms with Crippen molar-refractivity contribution in [3.63, 3.8) is 0 Å². The first-order valence-corrected chi connectivity index (χ1v) is 24.1. The third-order valence-electron chi connectivity index (χ3n) is 13.5. The zero-order valence-electron chi connectivity index (χ0n) is 41.7. The van der Waals surface area contributed by atoms with Gasteiger partial charge >= 0.3 is 0 Å². The third-order valence-corrected chi connectivity index (χ3v) is 13.5. The number of Topliss-reactive ketones (excluding diaryl/α,β-unsaturated/α-hetero) is 1. The molecule has 0 aromatic heterocycles. The molecular formula is C48H68N12O14. The van der Waals surface area contributed by atoms with Gasteiger partial charge in [0.15, 0.2) is 23.5 Å². The van der Waals surface area contributed by atoms with Crippen LogP contribution >= 0.6 is 0 Å². The first kappa shape index (κ1) is 57.5. The van der Waals surface area contributed by atoms with Crippen LogP contribution in [0.1, 0.15) is 108 Å². The van der Waals surface area contributed by atoms with Crippen molar-refractivity contribution in [2.75, 3.05) is 53.5 Å². The third kappa shape index (κ3) is 13.8. The van der Waals surface area contributed by atoms with Crippen molar-refractivity contribution in [2.24, 2.45) is 38.8 Å². The first-order chi connectivity index (χ1) is 35.0. The van der Waals surface area contributed by atoms with Crippen LogP contribution in [-0.2, 0) is 39.9 Å². The summed E-state index contributed by atoms with van der Waals surface area (Å²) in [4.78, 5) is 115. The normalized spacial score (nSPS) is 21.5. The molecule has 0 radical (unpaired) electrons. The number of phenolic OH excluding ortho intramolecular Hbond substituents is 2. The highest BCUT2D eigenvalue weighted by Crippen LogP contribution is 2.53. The smallest absolute Gasteiger partial charge is 0.243 e. The van der Waals surface area contributed by atoms with E-state index in [-0.39, 0.29) is 104 Å². The number of methoxy groups -OCH3 is 1. The number of ketones is 3. The number of ether oxygens (including phenoxy) is 2. The predicted molar refractivity (Wildman–Crippen MR) is 266 cm³/mol. The van der Waals surface area contributed by atoms with Crippen LogP contribution in [0.2, 0.25) is 0 Å². The van der Waals surface area contributed by atoms with E-state index in [1.54, 1.807) is 14.0 Å². The maximum Gasteiger partial charge on any atom is 0.243 e. The Morgan fingerprint density at radius 2 is 1.42 bits per heavy atom. The van der Waals surface area contributed by atoms with E-state index < -0.39 is 144 Å². The molecule has 1 heterocycles. The number of nitrogens with zero attached hydrogens (tertiary/aromatic N) is 2. The fourth-order valence-corrected chi connectivity index (χ4v) is 9.63. The number of rotatable bonds is 24. The van der Waals surface area contributed by atoms with Gasteiger partial charge in [0.25, 0.3) is 0 Å². The molecule has 26 nitrogen and oxygen atoms in total. The SMILES string of the molecule is CNCC(=O)NCC(=O)NCC(=O)NC(CCCN=C(N)N)C(=O)NC(CCCN=C(N)N)C(=O)N[C@@H]1C[C@@H](CC2C[C@@](O)(C(=O)CO)Cc3c(O)c4c(c(O)c32)C(=O)c2c(OC)cccc2C4=O)O[C@H](C)C1C. The Hall–Kier alpha value is -7.42.